The zero-order valence-electron chi connectivity index (χ0n) is 19.2. The number of aryl methyl sites for hydroxylation is 1. The minimum absolute atomic E-state index is 0.00326. The van der Waals surface area contributed by atoms with Crippen molar-refractivity contribution in [3.63, 3.8) is 0 Å². The number of rotatable bonds is 10. The molecule has 1 aliphatic heterocycles. The van der Waals surface area contributed by atoms with Crippen molar-refractivity contribution in [3.05, 3.63) is 78.4 Å². The van der Waals surface area contributed by atoms with E-state index in [1.54, 1.807) is 0 Å². The van der Waals surface area contributed by atoms with Gasteiger partial charge in [-0.1, -0.05) is 84.5 Å². The van der Waals surface area contributed by atoms with Crippen LogP contribution in [0.3, 0.4) is 0 Å². The Bertz CT molecular complexity index is 1090. The Labute approximate surface area is 204 Å². The van der Waals surface area contributed by atoms with Gasteiger partial charge in [0.25, 0.3) is 0 Å². The molecule has 2 atom stereocenters. The number of anilines is 1. The molecule has 3 aromatic rings. The molecule has 0 unspecified atom stereocenters. The van der Waals surface area contributed by atoms with Crippen molar-refractivity contribution in [1.82, 2.24) is 15.5 Å². The predicted octanol–water partition coefficient (Wildman–Crippen LogP) is 5.05. The van der Waals surface area contributed by atoms with E-state index in [4.69, 9.17) is 0 Å². The smallest absolute Gasteiger partial charge is 0.249 e. The molecule has 34 heavy (non-hydrogen) atoms. The van der Waals surface area contributed by atoms with Gasteiger partial charge in [0.15, 0.2) is 0 Å². The zero-order valence-corrected chi connectivity index (χ0v) is 20.0. The van der Waals surface area contributed by atoms with Crippen LogP contribution in [0.15, 0.2) is 72.8 Å². The number of carbonyl (C=O) groups excluding carboxylic acids is 2. The van der Waals surface area contributed by atoms with Crippen molar-refractivity contribution in [3.8, 4) is 10.6 Å². The second-order valence-electron chi connectivity index (χ2n) is 8.58. The molecule has 2 N–H and O–H groups in total. The maximum Gasteiger partial charge on any atom is 0.249 e. The maximum atomic E-state index is 12.9. The Morgan fingerprint density at radius 2 is 1.82 bits per heavy atom. The molecule has 0 spiro atoms. The summed E-state index contributed by atoms with van der Waals surface area (Å²) in [5, 5.41) is 15.6. The van der Waals surface area contributed by atoms with Gasteiger partial charge < -0.3 is 5.32 Å². The molecule has 0 aliphatic carbocycles. The van der Waals surface area contributed by atoms with Crippen LogP contribution in [0, 0.1) is 5.92 Å². The van der Waals surface area contributed by atoms with Crippen LogP contribution < -0.4 is 10.6 Å². The lowest BCUT2D eigenvalue weighted by Gasteiger charge is -2.23. The molecule has 176 valence electrons. The lowest BCUT2D eigenvalue weighted by atomic mass is 9.90. The van der Waals surface area contributed by atoms with Crippen LogP contribution in [0.1, 0.15) is 37.7 Å². The summed E-state index contributed by atoms with van der Waals surface area (Å²) in [5.74, 6) is -0.0281. The van der Waals surface area contributed by atoms with E-state index in [0.29, 0.717) is 11.6 Å². The number of benzene rings is 2. The molecule has 0 radical (unpaired) electrons. The molecule has 0 bridgehead atoms. The van der Waals surface area contributed by atoms with Crippen molar-refractivity contribution in [2.45, 2.75) is 44.6 Å². The van der Waals surface area contributed by atoms with E-state index in [9.17, 15) is 9.59 Å². The van der Waals surface area contributed by atoms with Gasteiger partial charge in [-0.3, -0.25) is 14.9 Å². The molecule has 4 rings (SSSR count). The summed E-state index contributed by atoms with van der Waals surface area (Å²) in [5.41, 5.74) is 2.20. The molecule has 1 aliphatic rings. The average molecular weight is 475 g/mol. The fourth-order valence-corrected chi connectivity index (χ4v) is 4.88. The summed E-state index contributed by atoms with van der Waals surface area (Å²) >= 11 is 1.34. The highest BCUT2D eigenvalue weighted by molar-refractivity contribution is 7.18. The van der Waals surface area contributed by atoms with Crippen LogP contribution >= 0.6 is 11.3 Å². The van der Waals surface area contributed by atoms with E-state index in [2.05, 4.69) is 33.0 Å². The normalized spacial score (nSPS) is 16.9. The van der Waals surface area contributed by atoms with Crippen LogP contribution in [-0.4, -0.2) is 34.5 Å². The molecule has 0 saturated carbocycles. The van der Waals surface area contributed by atoms with E-state index in [-0.39, 0.29) is 23.7 Å². The van der Waals surface area contributed by atoms with Gasteiger partial charge in [-0.2, -0.15) is 0 Å². The number of allylic oxidation sites excluding steroid dienone is 1. The van der Waals surface area contributed by atoms with Crippen molar-refractivity contribution in [2.24, 2.45) is 5.92 Å². The zero-order chi connectivity index (χ0) is 23.6. The summed E-state index contributed by atoms with van der Waals surface area (Å²) in [7, 11) is 0. The topological polar surface area (TPSA) is 84.0 Å². The first-order valence-electron chi connectivity index (χ1n) is 11.9. The van der Waals surface area contributed by atoms with Gasteiger partial charge in [0.05, 0.1) is 6.04 Å². The second kappa shape index (κ2) is 12.3. The standard InChI is InChI=1S/C27H30N4O2S/c32-24(23-13-7-8-18-28-23)19-21(15-14-20-9-3-1-4-10-20)16-17-25(33)29-27-31-30-26(34-27)22-11-5-2-6-12-22/h1-6,9-12,16-17,21,23,28H,7-8,13-15,18-19H2,(H,29,31,33)/b17-16+/t21-,23-/m0/s1. The fraction of sp³-hybridized carbons (Fsp3) is 0.333. The number of nitrogens with one attached hydrogen (secondary N) is 2. The first-order valence-corrected chi connectivity index (χ1v) is 12.7. The van der Waals surface area contributed by atoms with Crippen LogP contribution in [0.5, 0.6) is 0 Å². The number of nitrogens with zero attached hydrogens (tertiary/aromatic N) is 2. The molecule has 1 fully saturated rings. The third-order valence-corrected chi connectivity index (χ3v) is 6.89. The number of hydrogen-bond donors (Lipinski definition) is 2. The average Bonchev–Trinajstić information content (AvgIpc) is 3.35. The first-order chi connectivity index (χ1) is 16.7. The second-order valence-corrected chi connectivity index (χ2v) is 9.56. The Hall–Kier alpha value is -3.16. The van der Waals surface area contributed by atoms with E-state index in [1.807, 2.05) is 54.6 Å². The molecule has 6 nitrogen and oxygen atoms in total. The summed E-state index contributed by atoms with van der Waals surface area (Å²) < 4.78 is 0. The fourth-order valence-electron chi connectivity index (χ4n) is 4.13. The largest absolute Gasteiger partial charge is 0.307 e. The third-order valence-electron chi connectivity index (χ3n) is 6.00. The van der Waals surface area contributed by atoms with Gasteiger partial charge in [-0.05, 0) is 49.8 Å². The van der Waals surface area contributed by atoms with E-state index < -0.39 is 0 Å². The molecule has 2 aromatic carbocycles. The SMILES string of the molecule is O=C(/C=C/[C@H](CCc1ccccc1)CC(=O)[C@@H]1CCCCN1)Nc1nnc(-c2ccccc2)s1. The van der Waals surface area contributed by atoms with Gasteiger partial charge in [-0.15, -0.1) is 10.2 Å². The highest BCUT2D eigenvalue weighted by Gasteiger charge is 2.23. The summed E-state index contributed by atoms with van der Waals surface area (Å²) in [6.45, 7) is 0.899. The number of piperidine rings is 1. The Morgan fingerprint density at radius 3 is 2.56 bits per heavy atom. The maximum absolute atomic E-state index is 12.9. The summed E-state index contributed by atoms with van der Waals surface area (Å²) in [6, 6.07) is 19.9. The predicted molar refractivity (Wildman–Crippen MR) is 137 cm³/mol. The van der Waals surface area contributed by atoms with Crippen LogP contribution in [0.4, 0.5) is 5.13 Å². The van der Waals surface area contributed by atoms with E-state index >= 15 is 0 Å². The monoisotopic (exact) mass is 474 g/mol. The van der Waals surface area contributed by atoms with Crippen molar-refractivity contribution in [1.29, 1.82) is 0 Å². The Kier molecular flexibility index (Phi) is 8.71. The quantitative estimate of drug-likeness (QED) is 0.402. The highest BCUT2D eigenvalue weighted by atomic mass is 32.1. The molecule has 1 amide bonds. The van der Waals surface area contributed by atoms with Gasteiger partial charge in [-0.25, -0.2) is 0 Å². The number of aromatic nitrogens is 2. The number of amides is 1. The van der Waals surface area contributed by atoms with Crippen LogP contribution in [0.25, 0.3) is 10.6 Å². The van der Waals surface area contributed by atoms with Crippen molar-refractivity contribution in [2.75, 3.05) is 11.9 Å². The lowest BCUT2D eigenvalue weighted by molar-refractivity contribution is -0.122. The number of hydrogen-bond acceptors (Lipinski definition) is 6. The number of Topliss-reactive ketones (excluding diaryl/α,β-unsaturated/α-hetero) is 1. The van der Waals surface area contributed by atoms with E-state index in [0.717, 1.165) is 49.2 Å². The Morgan fingerprint density at radius 1 is 1.06 bits per heavy atom. The minimum Gasteiger partial charge on any atom is -0.307 e. The minimum atomic E-state index is -0.260. The molecular weight excluding hydrogens is 444 g/mol. The van der Waals surface area contributed by atoms with E-state index in [1.165, 1.54) is 23.0 Å². The van der Waals surface area contributed by atoms with Crippen LogP contribution in [0.2, 0.25) is 0 Å². The highest BCUT2D eigenvalue weighted by Crippen LogP contribution is 2.26. The summed E-state index contributed by atoms with van der Waals surface area (Å²) in [4.78, 5) is 25.4. The molecule has 1 aromatic heterocycles. The van der Waals surface area contributed by atoms with Crippen molar-refractivity contribution >= 4 is 28.2 Å². The van der Waals surface area contributed by atoms with Gasteiger partial charge >= 0.3 is 0 Å². The third kappa shape index (κ3) is 7.17. The van der Waals surface area contributed by atoms with Gasteiger partial charge in [0.1, 0.15) is 10.8 Å². The van der Waals surface area contributed by atoms with Gasteiger partial charge in [0, 0.05) is 12.0 Å². The Balaban J connectivity index is 1.37. The van der Waals surface area contributed by atoms with Gasteiger partial charge in [0.2, 0.25) is 11.0 Å². The van der Waals surface area contributed by atoms with Crippen LogP contribution in [-0.2, 0) is 16.0 Å². The number of ketones is 1. The molecular formula is C27H30N4O2S. The lowest BCUT2D eigenvalue weighted by Crippen LogP contribution is -2.41. The molecule has 1 saturated heterocycles. The number of carbonyl (C=O) groups is 2. The van der Waals surface area contributed by atoms with Crippen molar-refractivity contribution < 1.29 is 9.59 Å². The molecule has 7 heteroatoms. The molecule has 2 heterocycles. The summed E-state index contributed by atoms with van der Waals surface area (Å²) in [6.07, 6.45) is 8.62. The first kappa shape index (κ1) is 24.0.